The molecule has 0 amide bonds. The second-order valence-corrected chi connectivity index (χ2v) is 7.90. The van der Waals surface area contributed by atoms with Crippen LogP contribution in [-0.4, -0.2) is 30.6 Å². The molecule has 2 bridgehead atoms. The smallest absolute Gasteiger partial charge is 0.201 e. The molecular formula is C18H28O5. The third-order valence-corrected chi connectivity index (χ3v) is 6.48. The van der Waals surface area contributed by atoms with Crippen LogP contribution in [0.4, 0.5) is 0 Å². The Hall–Kier alpha value is -0.460. The maximum atomic E-state index is 6.26. The maximum Gasteiger partial charge on any atom is 0.201 e. The van der Waals surface area contributed by atoms with E-state index < -0.39 is 17.7 Å². The number of hydrogen-bond donors (Lipinski definition) is 0. The number of ether oxygens (including phenoxy) is 3. The summed E-state index contributed by atoms with van der Waals surface area (Å²) in [6.45, 7) is 10.7. The van der Waals surface area contributed by atoms with Gasteiger partial charge in [0, 0.05) is 18.3 Å². The van der Waals surface area contributed by atoms with Crippen molar-refractivity contribution in [1.82, 2.24) is 0 Å². The minimum absolute atomic E-state index is 0.232. The zero-order valence-corrected chi connectivity index (χ0v) is 14.3. The first-order chi connectivity index (χ1) is 11.0. The van der Waals surface area contributed by atoms with E-state index in [0.29, 0.717) is 24.4 Å². The summed E-state index contributed by atoms with van der Waals surface area (Å²) in [6, 6.07) is 0. The molecule has 23 heavy (non-hydrogen) atoms. The van der Waals surface area contributed by atoms with Gasteiger partial charge < -0.3 is 14.2 Å². The Kier molecular flexibility index (Phi) is 3.85. The van der Waals surface area contributed by atoms with Gasteiger partial charge in [0.2, 0.25) is 5.79 Å². The Morgan fingerprint density at radius 2 is 2.00 bits per heavy atom. The molecule has 130 valence electrons. The van der Waals surface area contributed by atoms with Crippen molar-refractivity contribution in [3.8, 4) is 0 Å². The van der Waals surface area contributed by atoms with E-state index in [0.717, 1.165) is 19.3 Å². The summed E-state index contributed by atoms with van der Waals surface area (Å²) in [5.74, 6) is 0.818. The Morgan fingerprint density at radius 3 is 2.78 bits per heavy atom. The fourth-order valence-corrected chi connectivity index (χ4v) is 5.23. The second kappa shape index (κ2) is 5.53. The summed E-state index contributed by atoms with van der Waals surface area (Å²) >= 11 is 0. The van der Waals surface area contributed by atoms with Crippen LogP contribution in [0.5, 0.6) is 0 Å². The topological polar surface area (TPSA) is 46.2 Å². The Labute approximate surface area is 138 Å². The van der Waals surface area contributed by atoms with Gasteiger partial charge >= 0.3 is 0 Å². The molecule has 0 radical (unpaired) electrons. The molecule has 1 aliphatic carbocycles. The van der Waals surface area contributed by atoms with E-state index in [1.54, 1.807) is 6.08 Å². The highest BCUT2D eigenvalue weighted by atomic mass is 17.3. The molecule has 8 atom stereocenters. The van der Waals surface area contributed by atoms with Gasteiger partial charge in [0.15, 0.2) is 18.2 Å². The van der Waals surface area contributed by atoms with Crippen LogP contribution >= 0.6 is 0 Å². The van der Waals surface area contributed by atoms with Crippen molar-refractivity contribution in [2.45, 2.75) is 70.4 Å². The van der Waals surface area contributed by atoms with Crippen LogP contribution in [0, 0.1) is 23.7 Å². The first-order valence-corrected chi connectivity index (χ1v) is 8.93. The lowest BCUT2D eigenvalue weighted by Gasteiger charge is -2.60. The average molecular weight is 324 g/mol. The first-order valence-electron chi connectivity index (χ1n) is 8.93. The summed E-state index contributed by atoms with van der Waals surface area (Å²) in [5.41, 5.74) is -0.499. The van der Waals surface area contributed by atoms with Crippen molar-refractivity contribution >= 4 is 0 Å². The third kappa shape index (κ3) is 2.24. The van der Waals surface area contributed by atoms with Crippen LogP contribution < -0.4 is 0 Å². The molecule has 4 saturated heterocycles. The molecule has 4 heterocycles. The molecule has 0 aromatic heterocycles. The van der Waals surface area contributed by atoms with Crippen LogP contribution in [0.3, 0.4) is 0 Å². The predicted octanol–water partition coefficient (Wildman–Crippen LogP) is 3.40. The molecule has 0 N–H and O–H groups in total. The Balaban J connectivity index is 1.71. The third-order valence-electron chi connectivity index (χ3n) is 6.48. The molecule has 0 aromatic carbocycles. The predicted molar refractivity (Wildman–Crippen MR) is 83.0 cm³/mol. The lowest BCUT2D eigenvalue weighted by atomic mass is 9.58. The molecule has 5 heteroatoms. The van der Waals surface area contributed by atoms with Crippen molar-refractivity contribution < 1.29 is 24.0 Å². The maximum absolute atomic E-state index is 6.26. The molecule has 1 spiro atoms. The highest BCUT2D eigenvalue weighted by Crippen LogP contribution is 2.60. The molecule has 5 rings (SSSR count). The zero-order chi connectivity index (χ0) is 16.2. The van der Waals surface area contributed by atoms with E-state index >= 15 is 0 Å². The molecule has 5 aliphatic rings. The number of hydrogen-bond acceptors (Lipinski definition) is 5. The highest BCUT2D eigenvalue weighted by Gasteiger charge is 2.69. The van der Waals surface area contributed by atoms with Crippen LogP contribution in [0.2, 0.25) is 0 Å². The van der Waals surface area contributed by atoms with Crippen LogP contribution in [0.1, 0.15) is 46.5 Å². The molecular weight excluding hydrogens is 296 g/mol. The lowest BCUT2D eigenvalue weighted by Crippen LogP contribution is -2.70. The quantitative estimate of drug-likeness (QED) is 0.588. The average Bonchev–Trinajstić information content (AvgIpc) is 2.76. The van der Waals surface area contributed by atoms with Gasteiger partial charge in [-0.3, -0.25) is 0 Å². The van der Waals surface area contributed by atoms with Crippen LogP contribution in [-0.2, 0) is 24.0 Å². The van der Waals surface area contributed by atoms with E-state index in [2.05, 4.69) is 20.4 Å². The second-order valence-electron chi connectivity index (χ2n) is 7.90. The van der Waals surface area contributed by atoms with Crippen molar-refractivity contribution in [2.75, 3.05) is 6.61 Å². The van der Waals surface area contributed by atoms with Crippen molar-refractivity contribution in [3.05, 3.63) is 12.7 Å². The summed E-state index contributed by atoms with van der Waals surface area (Å²) in [4.78, 5) is 11.9. The molecule has 4 aliphatic heterocycles. The van der Waals surface area contributed by atoms with E-state index in [-0.39, 0.29) is 12.2 Å². The fraction of sp³-hybridized carbons (Fsp3) is 0.889. The Bertz CT molecular complexity index is 482. The molecule has 5 nitrogen and oxygen atoms in total. The molecule has 0 aromatic rings. The van der Waals surface area contributed by atoms with Gasteiger partial charge in [-0.05, 0) is 38.0 Å². The number of fused-ring (bicyclic) bond motifs is 2. The molecule has 8 unspecified atom stereocenters. The lowest BCUT2D eigenvalue weighted by molar-refractivity contribution is -0.577. The first kappa shape index (κ1) is 16.0. The standard InChI is InChI=1S/C18H28O5/c1-5-10-19-15-12(3)14-7-6-11(2)13-8-9-17(4)21-16(20-15)18(13,14)23-22-17/h5,11-16H,1,6-10H2,2-4H3. The summed E-state index contributed by atoms with van der Waals surface area (Å²) in [5, 5.41) is 0. The minimum atomic E-state index is -0.721. The van der Waals surface area contributed by atoms with E-state index in [9.17, 15) is 0 Å². The van der Waals surface area contributed by atoms with Crippen LogP contribution in [0.15, 0.2) is 12.7 Å². The van der Waals surface area contributed by atoms with E-state index in [4.69, 9.17) is 24.0 Å². The number of rotatable bonds is 3. The monoisotopic (exact) mass is 324 g/mol. The van der Waals surface area contributed by atoms with Crippen molar-refractivity contribution in [1.29, 1.82) is 0 Å². The summed E-state index contributed by atoms with van der Waals surface area (Å²) in [7, 11) is 0. The van der Waals surface area contributed by atoms with Gasteiger partial charge in [0.05, 0.1) is 6.61 Å². The van der Waals surface area contributed by atoms with Gasteiger partial charge in [0.1, 0.15) is 0 Å². The van der Waals surface area contributed by atoms with Crippen molar-refractivity contribution in [3.63, 3.8) is 0 Å². The van der Waals surface area contributed by atoms with E-state index in [1.165, 1.54) is 6.42 Å². The van der Waals surface area contributed by atoms with Gasteiger partial charge in [-0.15, -0.1) is 6.58 Å². The van der Waals surface area contributed by atoms with Gasteiger partial charge in [-0.2, -0.15) is 0 Å². The summed E-state index contributed by atoms with van der Waals surface area (Å²) < 4.78 is 18.4. The zero-order valence-electron chi connectivity index (χ0n) is 14.3. The Morgan fingerprint density at radius 1 is 1.17 bits per heavy atom. The SMILES string of the molecule is C=CCOC1OC2OC3(C)CCC4C(C)CCC(C1C)C24OO3. The highest BCUT2D eigenvalue weighted by molar-refractivity contribution is 5.09. The van der Waals surface area contributed by atoms with Gasteiger partial charge in [-0.25, -0.2) is 9.78 Å². The fourth-order valence-electron chi connectivity index (χ4n) is 5.23. The van der Waals surface area contributed by atoms with E-state index in [1.807, 2.05) is 6.92 Å². The molecule has 5 fully saturated rings. The normalized spacial score (nSPS) is 55.1. The minimum Gasteiger partial charge on any atom is -0.348 e. The van der Waals surface area contributed by atoms with Crippen LogP contribution in [0.25, 0.3) is 0 Å². The van der Waals surface area contributed by atoms with Gasteiger partial charge in [-0.1, -0.05) is 19.9 Å². The molecule has 1 saturated carbocycles. The van der Waals surface area contributed by atoms with Crippen molar-refractivity contribution in [2.24, 2.45) is 23.7 Å². The van der Waals surface area contributed by atoms with Gasteiger partial charge in [0.25, 0.3) is 0 Å². The largest absolute Gasteiger partial charge is 0.348 e. The summed E-state index contributed by atoms with van der Waals surface area (Å²) in [6.07, 6.45) is 5.25.